The summed E-state index contributed by atoms with van der Waals surface area (Å²) >= 11 is 2.62. The quantitative estimate of drug-likeness (QED) is 0.518. The number of carbonyl (C=O) groups is 1. The fourth-order valence-corrected chi connectivity index (χ4v) is 6.26. The van der Waals surface area contributed by atoms with Crippen LogP contribution in [0.2, 0.25) is 0 Å². The van der Waals surface area contributed by atoms with Crippen molar-refractivity contribution in [1.82, 2.24) is 14.3 Å². The zero-order valence-corrected chi connectivity index (χ0v) is 19.4. The first-order valence-electron chi connectivity index (χ1n) is 9.79. The Labute approximate surface area is 189 Å². The maximum Gasteiger partial charge on any atom is 0.244 e. The first-order valence-corrected chi connectivity index (χ1v) is 13.0. The van der Waals surface area contributed by atoms with Crippen molar-refractivity contribution in [3.8, 4) is 5.75 Å². The third-order valence-corrected chi connectivity index (χ3v) is 8.61. The summed E-state index contributed by atoms with van der Waals surface area (Å²) in [6.45, 7) is 1.11. The van der Waals surface area contributed by atoms with Crippen LogP contribution in [-0.4, -0.2) is 54.6 Å². The van der Waals surface area contributed by atoms with Crippen molar-refractivity contribution in [3.05, 3.63) is 36.5 Å². The molecule has 0 atom stereocenters. The van der Waals surface area contributed by atoms with Crippen LogP contribution in [0.25, 0.3) is 10.2 Å². The van der Waals surface area contributed by atoms with E-state index in [0.29, 0.717) is 23.2 Å². The highest BCUT2D eigenvalue weighted by Gasteiger charge is 2.26. The Morgan fingerprint density at radius 2 is 2.03 bits per heavy atom. The minimum atomic E-state index is -3.50. The molecule has 0 spiro atoms. The molecule has 2 aromatic heterocycles. The summed E-state index contributed by atoms with van der Waals surface area (Å²) < 4.78 is 33.0. The number of thioether (sulfide) groups is 1. The number of piperidine rings is 1. The molecule has 1 N–H and O–H groups in total. The molecule has 0 bridgehead atoms. The molecule has 1 aliphatic rings. The molecule has 1 fully saturated rings. The molecule has 8 nitrogen and oxygen atoms in total. The minimum Gasteiger partial charge on any atom is -0.497 e. The molecule has 31 heavy (non-hydrogen) atoms. The molecule has 11 heteroatoms. The summed E-state index contributed by atoms with van der Waals surface area (Å²) in [7, 11) is -1.90. The molecule has 4 rings (SSSR count). The SMILES string of the molecule is COc1ccc2nc(NC(=O)CSc3ccc(S(=O)(=O)N4CCCCC4)cn3)sc2c1. The summed E-state index contributed by atoms with van der Waals surface area (Å²) in [6.07, 6.45) is 4.20. The van der Waals surface area contributed by atoms with Crippen LogP contribution in [0.3, 0.4) is 0 Å². The van der Waals surface area contributed by atoms with Crippen LogP contribution in [0.4, 0.5) is 5.13 Å². The highest BCUT2D eigenvalue weighted by molar-refractivity contribution is 7.99. The topological polar surface area (TPSA) is 101 Å². The van der Waals surface area contributed by atoms with Gasteiger partial charge in [0.25, 0.3) is 0 Å². The molecule has 1 amide bonds. The van der Waals surface area contributed by atoms with E-state index < -0.39 is 10.0 Å². The van der Waals surface area contributed by atoms with Gasteiger partial charge < -0.3 is 10.1 Å². The number of ether oxygens (including phenoxy) is 1. The maximum atomic E-state index is 12.7. The molecule has 3 aromatic rings. The van der Waals surface area contributed by atoms with Gasteiger partial charge in [-0.3, -0.25) is 4.79 Å². The van der Waals surface area contributed by atoms with Crippen molar-refractivity contribution in [2.45, 2.75) is 29.2 Å². The number of amides is 1. The van der Waals surface area contributed by atoms with Gasteiger partial charge in [0, 0.05) is 19.3 Å². The van der Waals surface area contributed by atoms with Gasteiger partial charge in [0.1, 0.15) is 10.6 Å². The van der Waals surface area contributed by atoms with Gasteiger partial charge in [-0.25, -0.2) is 18.4 Å². The molecule has 1 saturated heterocycles. The van der Waals surface area contributed by atoms with E-state index in [4.69, 9.17) is 4.74 Å². The number of carbonyl (C=O) groups excluding carboxylic acids is 1. The van der Waals surface area contributed by atoms with Crippen molar-refractivity contribution in [1.29, 1.82) is 0 Å². The van der Waals surface area contributed by atoms with Crippen molar-refractivity contribution < 1.29 is 17.9 Å². The summed E-state index contributed by atoms with van der Waals surface area (Å²) in [5.74, 6) is 0.675. The molecular weight excluding hydrogens is 456 g/mol. The zero-order chi connectivity index (χ0) is 21.8. The number of pyridine rings is 1. The maximum absolute atomic E-state index is 12.7. The average Bonchev–Trinajstić information content (AvgIpc) is 3.19. The highest BCUT2D eigenvalue weighted by atomic mass is 32.2. The van der Waals surface area contributed by atoms with Crippen LogP contribution >= 0.6 is 23.1 Å². The zero-order valence-electron chi connectivity index (χ0n) is 16.9. The lowest BCUT2D eigenvalue weighted by Gasteiger charge is -2.25. The van der Waals surface area contributed by atoms with Crippen LogP contribution < -0.4 is 10.1 Å². The molecule has 1 aliphatic heterocycles. The standard InChI is InChI=1S/C20H22N4O4S3/c1-28-14-5-7-16-17(11-14)30-20(22-16)23-18(25)13-29-19-8-6-15(12-21-19)31(26,27)24-9-3-2-4-10-24/h5-8,11-12H,2-4,9-10,13H2,1H3,(H,22,23,25). The number of thiazole rings is 1. The predicted molar refractivity (Wildman–Crippen MR) is 122 cm³/mol. The summed E-state index contributed by atoms with van der Waals surface area (Å²) in [5, 5.41) is 3.90. The van der Waals surface area contributed by atoms with Crippen LogP contribution in [0.5, 0.6) is 5.75 Å². The molecule has 1 aromatic carbocycles. The normalized spacial score (nSPS) is 15.1. The minimum absolute atomic E-state index is 0.143. The van der Waals surface area contributed by atoms with Crippen LogP contribution in [0.15, 0.2) is 46.5 Å². The lowest BCUT2D eigenvalue weighted by molar-refractivity contribution is -0.113. The number of hydrogen-bond donors (Lipinski definition) is 1. The summed E-state index contributed by atoms with van der Waals surface area (Å²) in [5.41, 5.74) is 0.793. The summed E-state index contributed by atoms with van der Waals surface area (Å²) in [4.78, 5) is 21.1. The van der Waals surface area contributed by atoms with Gasteiger partial charge in [0.15, 0.2) is 5.13 Å². The molecule has 0 aliphatic carbocycles. The Balaban J connectivity index is 1.34. The molecule has 0 unspecified atom stereocenters. The number of hydrogen-bond acceptors (Lipinski definition) is 8. The van der Waals surface area contributed by atoms with Crippen LogP contribution in [-0.2, 0) is 14.8 Å². The first-order chi connectivity index (χ1) is 15.0. The fourth-order valence-electron chi connectivity index (χ4n) is 3.24. The van der Waals surface area contributed by atoms with Crippen molar-refractivity contribution in [2.75, 3.05) is 31.3 Å². The van der Waals surface area contributed by atoms with Crippen molar-refractivity contribution in [2.24, 2.45) is 0 Å². The lowest BCUT2D eigenvalue weighted by atomic mass is 10.2. The van der Waals surface area contributed by atoms with E-state index in [9.17, 15) is 13.2 Å². The number of anilines is 1. The second-order valence-corrected chi connectivity index (χ2v) is 11.0. The molecule has 3 heterocycles. The Bertz CT molecular complexity index is 1170. The van der Waals surface area contributed by atoms with Gasteiger partial charge in [-0.1, -0.05) is 29.5 Å². The molecule has 164 valence electrons. The van der Waals surface area contributed by atoms with Crippen molar-refractivity contribution >= 4 is 54.4 Å². The van der Waals surface area contributed by atoms with E-state index in [1.54, 1.807) is 19.2 Å². The molecule has 0 radical (unpaired) electrons. The van der Waals surface area contributed by atoms with Gasteiger partial charge in [-0.15, -0.1) is 0 Å². The smallest absolute Gasteiger partial charge is 0.244 e. The number of nitrogens with zero attached hydrogens (tertiary/aromatic N) is 3. The third-order valence-electron chi connectivity index (χ3n) is 4.86. The van der Waals surface area contributed by atoms with E-state index in [1.807, 2.05) is 18.2 Å². The average molecular weight is 479 g/mol. The molecular formula is C20H22N4O4S3. The second kappa shape index (κ2) is 9.51. The highest BCUT2D eigenvalue weighted by Crippen LogP contribution is 2.29. The lowest BCUT2D eigenvalue weighted by Crippen LogP contribution is -2.35. The van der Waals surface area contributed by atoms with Crippen molar-refractivity contribution in [3.63, 3.8) is 0 Å². The van der Waals surface area contributed by atoms with Crippen LogP contribution in [0, 0.1) is 0 Å². The van der Waals surface area contributed by atoms with Gasteiger partial charge in [0.2, 0.25) is 15.9 Å². The largest absolute Gasteiger partial charge is 0.497 e. The van der Waals surface area contributed by atoms with E-state index in [2.05, 4.69) is 15.3 Å². The Morgan fingerprint density at radius 1 is 1.23 bits per heavy atom. The second-order valence-electron chi connectivity index (χ2n) is 6.99. The number of fused-ring (bicyclic) bond motifs is 1. The first kappa shape index (κ1) is 22.0. The monoisotopic (exact) mass is 478 g/mol. The third kappa shape index (κ3) is 5.17. The number of methoxy groups -OCH3 is 1. The van der Waals surface area contributed by atoms with Gasteiger partial charge in [-0.05, 0) is 43.2 Å². The fraction of sp³-hybridized carbons (Fsp3) is 0.350. The van der Waals surface area contributed by atoms with Gasteiger partial charge in [0.05, 0.1) is 28.1 Å². The van der Waals surface area contributed by atoms with E-state index >= 15 is 0 Å². The van der Waals surface area contributed by atoms with E-state index in [-0.39, 0.29) is 16.6 Å². The number of benzene rings is 1. The Morgan fingerprint density at radius 3 is 2.74 bits per heavy atom. The van der Waals surface area contributed by atoms with Gasteiger partial charge >= 0.3 is 0 Å². The van der Waals surface area contributed by atoms with Gasteiger partial charge in [-0.2, -0.15) is 4.31 Å². The van der Waals surface area contributed by atoms with Crippen LogP contribution in [0.1, 0.15) is 19.3 Å². The summed E-state index contributed by atoms with van der Waals surface area (Å²) in [6, 6.07) is 8.74. The van der Waals surface area contributed by atoms with E-state index in [0.717, 1.165) is 35.2 Å². The Kier molecular flexibility index (Phi) is 6.75. The Hall–Kier alpha value is -2.21. The number of sulfonamides is 1. The predicted octanol–water partition coefficient (Wildman–Crippen LogP) is 3.61. The number of nitrogens with one attached hydrogen (secondary N) is 1. The molecule has 0 saturated carbocycles. The van der Waals surface area contributed by atoms with E-state index in [1.165, 1.54) is 33.6 Å². The number of aromatic nitrogens is 2. The number of rotatable bonds is 7.